The summed E-state index contributed by atoms with van der Waals surface area (Å²) in [6.07, 6.45) is 5.46. The summed E-state index contributed by atoms with van der Waals surface area (Å²) in [6, 6.07) is 0. The Morgan fingerprint density at radius 1 is 1.22 bits per heavy atom. The van der Waals surface area contributed by atoms with Crippen molar-refractivity contribution < 1.29 is 12.8 Å². The van der Waals surface area contributed by atoms with Crippen LogP contribution < -0.4 is 0 Å². The molecule has 0 saturated carbocycles. The highest BCUT2D eigenvalue weighted by Crippen LogP contribution is 2.21. The summed E-state index contributed by atoms with van der Waals surface area (Å²) < 4.78 is 38.9. The van der Waals surface area contributed by atoms with Crippen molar-refractivity contribution in [2.45, 2.75) is 46.5 Å². The average Bonchev–Trinajstić information content (AvgIpc) is 2.35. The van der Waals surface area contributed by atoms with Gasteiger partial charge < -0.3 is 0 Å². The standard InChI is InChI=1S/C13H24FNO2S/c1-5-8-9-10-15(4)18(16,17)13(7-3)11-12(14)6-2/h6-7H,5,8-11H2,1-4H3/b12-6+,13-7+. The summed E-state index contributed by atoms with van der Waals surface area (Å²) in [4.78, 5) is 0.122. The molecule has 0 aliphatic heterocycles. The molecule has 18 heavy (non-hydrogen) atoms. The van der Waals surface area contributed by atoms with Gasteiger partial charge in [-0.05, 0) is 20.3 Å². The van der Waals surface area contributed by atoms with Crippen molar-refractivity contribution in [2.24, 2.45) is 0 Å². The molecule has 0 heterocycles. The maximum Gasteiger partial charge on any atom is 0.239 e. The van der Waals surface area contributed by atoms with E-state index in [0.29, 0.717) is 6.54 Å². The highest BCUT2D eigenvalue weighted by Gasteiger charge is 2.23. The molecule has 0 aliphatic rings. The molecule has 0 spiro atoms. The molecule has 0 saturated heterocycles. The molecular weight excluding hydrogens is 253 g/mol. The van der Waals surface area contributed by atoms with Crippen LogP contribution in [-0.2, 0) is 10.0 Å². The minimum atomic E-state index is -3.52. The molecule has 0 aromatic heterocycles. The fourth-order valence-corrected chi connectivity index (χ4v) is 2.90. The van der Waals surface area contributed by atoms with Gasteiger partial charge >= 0.3 is 0 Å². The Labute approximate surface area is 110 Å². The van der Waals surface area contributed by atoms with Gasteiger partial charge in [-0.1, -0.05) is 31.9 Å². The smallest absolute Gasteiger partial charge is 0.212 e. The van der Waals surface area contributed by atoms with E-state index in [9.17, 15) is 12.8 Å². The van der Waals surface area contributed by atoms with E-state index in [1.807, 2.05) is 0 Å². The van der Waals surface area contributed by atoms with Crippen molar-refractivity contribution in [3.05, 3.63) is 22.9 Å². The monoisotopic (exact) mass is 277 g/mol. The zero-order chi connectivity index (χ0) is 14.2. The predicted octanol–water partition coefficient (Wildman–Crippen LogP) is 3.61. The van der Waals surface area contributed by atoms with Crippen LogP contribution in [0.3, 0.4) is 0 Å². The van der Waals surface area contributed by atoms with Gasteiger partial charge in [0.05, 0.1) is 4.91 Å². The molecule has 0 radical (unpaired) electrons. The average molecular weight is 277 g/mol. The van der Waals surface area contributed by atoms with Crippen molar-refractivity contribution in [3.63, 3.8) is 0 Å². The second-order valence-corrected chi connectivity index (χ2v) is 6.30. The van der Waals surface area contributed by atoms with Gasteiger partial charge in [-0.2, -0.15) is 0 Å². The molecule has 0 N–H and O–H groups in total. The van der Waals surface area contributed by atoms with E-state index in [4.69, 9.17) is 0 Å². The molecule has 3 nitrogen and oxygen atoms in total. The van der Waals surface area contributed by atoms with Gasteiger partial charge in [0.15, 0.2) is 0 Å². The van der Waals surface area contributed by atoms with E-state index in [1.54, 1.807) is 20.9 Å². The van der Waals surface area contributed by atoms with Crippen LogP contribution in [0, 0.1) is 0 Å². The zero-order valence-electron chi connectivity index (χ0n) is 11.7. The quantitative estimate of drug-likeness (QED) is 0.636. The second-order valence-electron chi connectivity index (χ2n) is 4.20. The molecule has 0 bridgehead atoms. The lowest BCUT2D eigenvalue weighted by atomic mass is 10.2. The molecule has 0 aromatic carbocycles. The van der Waals surface area contributed by atoms with Gasteiger partial charge in [0.25, 0.3) is 0 Å². The normalized spacial score (nSPS) is 14.3. The zero-order valence-corrected chi connectivity index (χ0v) is 12.6. The van der Waals surface area contributed by atoms with Gasteiger partial charge in [0, 0.05) is 20.0 Å². The van der Waals surface area contributed by atoms with Crippen LogP contribution in [0.2, 0.25) is 0 Å². The van der Waals surface area contributed by atoms with Gasteiger partial charge in [0.1, 0.15) is 5.83 Å². The molecule has 0 unspecified atom stereocenters. The van der Waals surface area contributed by atoms with E-state index in [0.717, 1.165) is 19.3 Å². The molecule has 0 amide bonds. The first kappa shape index (κ1) is 17.3. The molecular formula is C13H24FNO2S. The van der Waals surface area contributed by atoms with Crippen LogP contribution >= 0.6 is 0 Å². The SMILES string of the molecule is C/C=C(/F)C/C(=C\C)S(=O)(=O)N(C)CCCCC. The van der Waals surface area contributed by atoms with Gasteiger partial charge in [0.2, 0.25) is 10.0 Å². The third kappa shape index (κ3) is 5.31. The van der Waals surface area contributed by atoms with E-state index in [1.165, 1.54) is 16.5 Å². The molecule has 5 heteroatoms. The number of nitrogens with zero attached hydrogens (tertiary/aromatic N) is 1. The van der Waals surface area contributed by atoms with Crippen molar-refractivity contribution >= 4 is 10.0 Å². The summed E-state index contributed by atoms with van der Waals surface area (Å²) in [5.41, 5.74) is 0. The number of rotatable bonds is 8. The number of hydrogen-bond donors (Lipinski definition) is 0. The Kier molecular flexibility index (Phi) is 8.11. The van der Waals surface area contributed by atoms with Crippen molar-refractivity contribution in [3.8, 4) is 0 Å². The number of sulfonamides is 1. The van der Waals surface area contributed by atoms with Crippen molar-refractivity contribution in [2.75, 3.05) is 13.6 Å². The fourth-order valence-electron chi connectivity index (χ4n) is 1.52. The number of hydrogen-bond acceptors (Lipinski definition) is 2. The van der Waals surface area contributed by atoms with Gasteiger partial charge in [-0.15, -0.1) is 0 Å². The molecule has 0 rings (SSSR count). The van der Waals surface area contributed by atoms with Gasteiger partial charge in [-0.3, -0.25) is 0 Å². The Balaban J connectivity index is 4.77. The number of allylic oxidation sites excluding steroid dienone is 4. The van der Waals surface area contributed by atoms with Crippen LogP contribution in [-0.4, -0.2) is 26.3 Å². The maximum absolute atomic E-state index is 13.2. The summed E-state index contributed by atoms with van der Waals surface area (Å²) in [5.74, 6) is -0.423. The van der Waals surface area contributed by atoms with E-state index < -0.39 is 15.9 Å². The van der Waals surface area contributed by atoms with Crippen molar-refractivity contribution in [1.29, 1.82) is 0 Å². The largest absolute Gasteiger partial charge is 0.239 e. The highest BCUT2D eigenvalue weighted by atomic mass is 32.2. The summed E-state index contributed by atoms with van der Waals surface area (Å²) in [6.45, 7) is 5.72. The second kappa shape index (κ2) is 8.43. The summed E-state index contributed by atoms with van der Waals surface area (Å²) in [7, 11) is -1.98. The molecule has 0 atom stereocenters. The lowest BCUT2D eigenvalue weighted by Crippen LogP contribution is -2.29. The van der Waals surface area contributed by atoms with Gasteiger partial charge in [-0.25, -0.2) is 17.1 Å². The minimum Gasteiger partial charge on any atom is -0.212 e. The Hall–Kier alpha value is -0.680. The van der Waals surface area contributed by atoms with Crippen LogP contribution in [0.5, 0.6) is 0 Å². The molecule has 0 aromatic rings. The van der Waals surface area contributed by atoms with Crippen LogP contribution in [0.15, 0.2) is 22.9 Å². The molecule has 0 fully saturated rings. The fraction of sp³-hybridized carbons (Fsp3) is 0.692. The lowest BCUT2D eigenvalue weighted by Gasteiger charge is -2.18. The third-order valence-corrected chi connectivity index (χ3v) is 4.84. The van der Waals surface area contributed by atoms with E-state index in [-0.39, 0.29) is 11.3 Å². The lowest BCUT2D eigenvalue weighted by molar-refractivity contribution is 0.457. The molecule has 106 valence electrons. The topological polar surface area (TPSA) is 37.4 Å². The first-order valence-corrected chi connectivity index (χ1v) is 7.76. The molecule has 0 aliphatic carbocycles. The number of halogens is 1. The van der Waals surface area contributed by atoms with Crippen LogP contribution in [0.4, 0.5) is 4.39 Å². The van der Waals surface area contributed by atoms with Crippen LogP contribution in [0.25, 0.3) is 0 Å². The summed E-state index contributed by atoms with van der Waals surface area (Å²) in [5, 5.41) is 0. The number of unbranched alkanes of at least 4 members (excludes halogenated alkanes) is 2. The van der Waals surface area contributed by atoms with Crippen LogP contribution in [0.1, 0.15) is 46.5 Å². The summed E-state index contributed by atoms with van der Waals surface area (Å²) >= 11 is 0. The Morgan fingerprint density at radius 2 is 1.83 bits per heavy atom. The Morgan fingerprint density at radius 3 is 2.28 bits per heavy atom. The minimum absolute atomic E-state index is 0.122. The van der Waals surface area contributed by atoms with Crippen molar-refractivity contribution in [1.82, 2.24) is 4.31 Å². The first-order valence-electron chi connectivity index (χ1n) is 6.32. The Bertz CT molecular complexity index is 399. The van der Waals surface area contributed by atoms with E-state index in [2.05, 4.69) is 6.92 Å². The maximum atomic E-state index is 13.2. The third-order valence-electron chi connectivity index (χ3n) is 2.80. The highest BCUT2D eigenvalue weighted by molar-refractivity contribution is 7.93. The predicted molar refractivity (Wildman–Crippen MR) is 74.3 cm³/mol. The first-order chi connectivity index (χ1) is 8.39. The van der Waals surface area contributed by atoms with E-state index >= 15 is 0 Å².